The van der Waals surface area contributed by atoms with Gasteiger partial charge >= 0.3 is 0 Å². The van der Waals surface area contributed by atoms with E-state index in [1.165, 1.54) is 17.7 Å². The number of hydrogen-bond donors (Lipinski definition) is 1. The zero-order valence-electron chi connectivity index (χ0n) is 24.3. The molecule has 0 aliphatic rings. The molecule has 0 aliphatic heterocycles. The van der Waals surface area contributed by atoms with E-state index < -0.39 is 22.0 Å². The standard InChI is InChI=1S/C33H30N4O7S/c1-36-29(22-34)27-21-32(43-18-19-44-33(24-45(38,39)40)26-13-7-4-8-14-26)28(30(23-35)37-2)20-31(27)42-17-16-41-15-9-12-25-10-5-3-6-11-25/h3-8,10-11,13-14,20-21,33H,9,12,15-19,24H2,(H,38,39,40)/b29-27-,30-28+. The van der Waals surface area contributed by atoms with Crippen LogP contribution in [0.25, 0.3) is 21.1 Å². The van der Waals surface area contributed by atoms with Gasteiger partial charge < -0.3 is 18.9 Å². The van der Waals surface area contributed by atoms with Gasteiger partial charge in [0.15, 0.2) is 0 Å². The molecule has 0 fully saturated rings. The summed E-state index contributed by atoms with van der Waals surface area (Å²) in [7, 11) is -4.36. The van der Waals surface area contributed by atoms with Crippen LogP contribution >= 0.6 is 0 Å². The van der Waals surface area contributed by atoms with E-state index in [4.69, 9.17) is 32.1 Å². The Morgan fingerprint density at radius 1 is 0.800 bits per heavy atom. The molecule has 1 unspecified atom stereocenters. The molecule has 0 aliphatic carbocycles. The molecule has 230 valence electrons. The molecule has 3 aromatic rings. The van der Waals surface area contributed by atoms with Crippen LogP contribution in [0.4, 0.5) is 0 Å². The second-order valence-electron chi connectivity index (χ2n) is 9.41. The van der Waals surface area contributed by atoms with Crippen LogP contribution < -0.4 is 19.9 Å². The number of aryl methyl sites for hydroxylation is 1. The van der Waals surface area contributed by atoms with E-state index in [1.54, 1.807) is 30.3 Å². The molecule has 12 heteroatoms. The summed E-state index contributed by atoms with van der Waals surface area (Å²) in [6, 6.07) is 24.8. The summed E-state index contributed by atoms with van der Waals surface area (Å²) < 4.78 is 55.5. The van der Waals surface area contributed by atoms with Crippen molar-refractivity contribution in [2.24, 2.45) is 0 Å². The van der Waals surface area contributed by atoms with Gasteiger partial charge in [0.25, 0.3) is 21.5 Å². The third kappa shape index (κ3) is 11.1. The minimum absolute atomic E-state index is 0.0214. The summed E-state index contributed by atoms with van der Waals surface area (Å²) in [4.78, 5) is 6.55. The molecule has 0 amide bonds. The van der Waals surface area contributed by atoms with Crippen LogP contribution in [0.5, 0.6) is 11.5 Å². The molecule has 0 spiro atoms. The van der Waals surface area contributed by atoms with Gasteiger partial charge in [0.05, 0.1) is 44.6 Å². The molecular weight excluding hydrogens is 596 g/mol. The number of nitrogens with zero attached hydrogens (tertiary/aromatic N) is 4. The molecular formula is C33H30N4O7S. The summed E-state index contributed by atoms with van der Waals surface area (Å²) in [5, 5.41) is 19.4. The second kappa shape index (κ2) is 17.8. The fourth-order valence-electron chi connectivity index (χ4n) is 4.24. The van der Waals surface area contributed by atoms with Crippen LogP contribution in [0, 0.1) is 35.8 Å². The van der Waals surface area contributed by atoms with Crippen molar-refractivity contribution in [1.29, 1.82) is 10.5 Å². The SMILES string of the molecule is [C-]#[N+]/C(C#N)=c1/cc(OCCOC(CS(=O)(=O)O)c2ccccc2)/c(=C(\C#N)[N+]#[C-])cc1OCCOCCCc1ccccc1. The maximum atomic E-state index is 11.5. The molecule has 0 bridgehead atoms. The van der Waals surface area contributed by atoms with Crippen molar-refractivity contribution in [3.05, 3.63) is 117 Å². The maximum Gasteiger partial charge on any atom is 0.272 e. The Labute approximate surface area is 262 Å². The van der Waals surface area contributed by atoms with Crippen LogP contribution in [0.15, 0.2) is 72.8 Å². The minimum Gasteiger partial charge on any atom is -0.492 e. The molecule has 1 atom stereocenters. The van der Waals surface area contributed by atoms with Crippen molar-refractivity contribution in [3.63, 3.8) is 0 Å². The van der Waals surface area contributed by atoms with E-state index in [9.17, 15) is 23.5 Å². The monoisotopic (exact) mass is 626 g/mol. The predicted molar refractivity (Wildman–Crippen MR) is 165 cm³/mol. The highest BCUT2D eigenvalue weighted by atomic mass is 32.2. The Kier molecular flexibility index (Phi) is 13.6. The van der Waals surface area contributed by atoms with Crippen molar-refractivity contribution in [3.8, 4) is 23.6 Å². The zero-order chi connectivity index (χ0) is 32.5. The number of ether oxygens (including phenoxy) is 4. The van der Waals surface area contributed by atoms with Crippen LogP contribution in [0.1, 0.15) is 23.7 Å². The van der Waals surface area contributed by atoms with Gasteiger partial charge in [-0.1, -0.05) is 60.7 Å². The fraction of sp³-hybridized carbons (Fsp3) is 0.273. The Hall–Kier alpha value is -5.21. The van der Waals surface area contributed by atoms with Gasteiger partial charge in [-0.2, -0.15) is 8.42 Å². The highest BCUT2D eigenvalue weighted by Crippen LogP contribution is 2.19. The molecule has 3 rings (SSSR count). The Morgan fingerprint density at radius 3 is 1.84 bits per heavy atom. The van der Waals surface area contributed by atoms with Gasteiger partial charge in [0.1, 0.15) is 30.5 Å². The third-order valence-electron chi connectivity index (χ3n) is 6.30. The molecule has 0 heterocycles. The largest absolute Gasteiger partial charge is 0.492 e. The third-order valence-corrected chi connectivity index (χ3v) is 7.03. The van der Waals surface area contributed by atoms with Crippen molar-refractivity contribution in [2.45, 2.75) is 18.9 Å². The Morgan fingerprint density at radius 2 is 1.33 bits per heavy atom. The first-order valence-electron chi connectivity index (χ1n) is 13.8. The average Bonchev–Trinajstić information content (AvgIpc) is 3.04. The van der Waals surface area contributed by atoms with Crippen LogP contribution in [0.2, 0.25) is 0 Å². The first-order valence-corrected chi connectivity index (χ1v) is 15.4. The highest BCUT2D eigenvalue weighted by molar-refractivity contribution is 7.85. The van der Waals surface area contributed by atoms with Crippen molar-refractivity contribution in [1.82, 2.24) is 0 Å². The van der Waals surface area contributed by atoms with E-state index >= 15 is 0 Å². The highest BCUT2D eigenvalue weighted by Gasteiger charge is 2.20. The van der Waals surface area contributed by atoms with E-state index in [1.807, 2.05) is 42.5 Å². The lowest BCUT2D eigenvalue weighted by molar-refractivity contribution is 0.0447. The molecule has 11 nitrogen and oxygen atoms in total. The molecule has 1 N–H and O–H groups in total. The van der Waals surface area contributed by atoms with Crippen molar-refractivity contribution in [2.75, 3.05) is 38.8 Å². The molecule has 0 saturated carbocycles. The van der Waals surface area contributed by atoms with Gasteiger partial charge in [-0.3, -0.25) is 4.55 Å². The van der Waals surface area contributed by atoms with Gasteiger partial charge in [-0.25, -0.2) is 20.2 Å². The zero-order valence-corrected chi connectivity index (χ0v) is 25.1. The van der Waals surface area contributed by atoms with Gasteiger partial charge in [-0.05, 0) is 36.1 Å². The molecule has 0 aromatic heterocycles. The van der Waals surface area contributed by atoms with Gasteiger partial charge in [0.2, 0.25) is 0 Å². The topological polar surface area (TPSA) is 148 Å². The predicted octanol–water partition coefficient (Wildman–Crippen LogP) is 3.84. The number of nitriles is 2. The van der Waals surface area contributed by atoms with Crippen LogP contribution in [-0.2, 0) is 26.0 Å². The fourth-order valence-corrected chi connectivity index (χ4v) is 4.91. The van der Waals surface area contributed by atoms with E-state index in [0.29, 0.717) is 12.2 Å². The summed E-state index contributed by atoms with van der Waals surface area (Å²) >= 11 is 0. The summed E-state index contributed by atoms with van der Waals surface area (Å²) in [5.41, 5.74) is 1.13. The van der Waals surface area contributed by atoms with Gasteiger partial charge in [0, 0.05) is 17.0 Å². The second-order valence-corrected chi connectivity index (χ2v) is 10.9. The van der Waals surface area contributed by atoms with E-state index in [0.717, 1.165) is 12.8 Å². The van der Waals surface area contributed by atoms with Crippen LogP contribution in [0.3, 0.4) is 0 Å². The van der Waals surface area contributed by atoms with Crippen molar-refractivity contribution < 1.29 is 31.9 Å². The Balaban J connectivity index is 1.76. The van der Waals surface area contributed by atoms with E-state index in [2.05, 4.69) is 9.69 Å². The first kappa shape index (κ1) is 34.3. The molecule has 45 heavy (non-hydrogen) atoms. The lowest BCUT2D eigenvalue weighted by Gasteiger charge is -2.18. The smallest absolute Gasteiger partial charge is 0.272 e. The maximum absolute atomic E-state index is 11.5. The lowest BCUT2D eigenvalue weighted by atomic mass is 10.1. The van der Waals surface area contributed by atoms with Crippen molar-refractivity contribution >= 4 is 21.5 Å². The minimum atomic E-state index is -4.36. The molecule has 0 radical (unpaired) electrons. The van der Waals surface area contributed by atoms with E-state index in [-0.39, 0.29) is 59.8 Å². The summed E-state index contributed by atoms with van der Waals surface area (Å²) in [6.07, 6.45) is 0.692. The quantitative estimate of drug-likeness (QED) is 0.142. The molecule has 0 saturated heterocycles. The molecule has 3 aromatic carbocycles. The lowest BCUT2D eigenvalue weighted by Crippen LogP contribution is -2.23. The number of hydrogen-bond acceptors (Lipinski definition) is 8. The number of benzene rings is 3. The number of rotatable bonds is 16. The Bertz CT molecular complexity index is 1810. The van der Waals surface area contributed by atoms with Gasteiger partial charge in [-0.15, -0.1) is 0 Å². The summed E-state index contributed by atoms with van der Waals surface area (Å²) in [6.45, 7) is 15.4. The first-order chi connectivity index (χ1) is 21.8. The average molecular weight is 627 g/mol. The normalized spacial score (nSPS) is 12.8. The van der Waals surface area contributed by atoms with Crippen LogP contribution in [-0.4, -0.2) is 51.8 Å². The summed E-state index contributed by atoms with van der Waals surface area (Å²) in [5.74, 6) is -0.555.